The van der Waals surface area contributed by atoms with E-state index in [1.807, 2.05) is 79.7 Å². The van der Waals surface area contributed by atoms with Crippen molar-refractivity contribution in [2.45, 2.75) is 6.92 Å². The van der Waals surface area contributed by atoms with Gasteiger partial charge in [-0.1, -0.05) is 58.4 Å². The molecular formula is C24H20BrN3O2. The molecule has 0 aliphatic heterocycles. The van der Waals surface area contributed by atoms with E-state index in [1.165, 1.54) is 0 Å². The van der Waals surface area contributed by atoms with Crippen molar-refractivity contribution < 1.29 is 9.53 Å². The SMILES string of the molecule is CCOc1ccccc1C(=O)Nc1cc(-c2ccccc2)nn1-c1ccc(Br)cc1. The standard InChI is InChI=1S/C24H20BrN3O2/c1-2-30-22-11-7-6-10-20(22)24(29)26-23-16-21(17-8-4-3-5-9-17)27-28(23)19-14-12-18(25)13-15-19/h3-16H,2H2,1H3,(H,26,29). The predicted octanol–water partition coefficient (Wildman–Crippen LogP) is 5.95. The van der Waals surface area contributed by atoms with Crippen LogP contribution in [0.2, 0.25) is 0 Å². The molecule has 3 aromatic carbocycles. The Morgan fingerprint density at radius 1 is 1.00 bits per heavy atom. The molecule has 0 fully saturated rings. The fourth-order valence-corrected chi connectivity index (χ4v) is 3.38. The van der Waals surface area contributed by atoms with Gasteiger partial charge in [0.05, 0.1) is 23.6 Å². The Balaban J connectivity index is 1.74. The van der Waals surface area contributed by atoms with E-state index < -0.39 is 0 Å². The largest absolute Gasteiger partial charge is 0.493 e. The Kier molecular flexibility index (Phi) is 5.95. The molecule has 0 bridgehead atoms. The Morgan fingerprint density at radius 2 is 1.70 bits per heavy atom. The van der Waals surface area contributed by atoms with E-state index in [-0.39, 0.29) is 5.91 Å². The Morgan fingerprint density at radius 3 is 2.43 bits per heavy atom. The van der Waals surface area contributed by atoms with Gasteiger partial charge in [-0.3, -0.25) is 4.79 Å². The summed E-state index contributed by atoms with van der Waals surface area (Å²) in [5, 5.41) is 7.74. The molecule has 0 unspecified atom stereocenters. The second-order valence-electron chi connectivity index (χ2n) is 6.55. The number of carbonyl (C=O) groups is 1. The van der Waals surface area contributed by atoms with Crippen LogP contribution < -0.4 is 10.1 Å². The van der Waals surface area contributed by atoms with Gasteiger partial charge in [0.2, 0.25) is 0 Å². The average molecular weight is 462 g/mol. The molecule has 4 aromatic rings. The number of carbonyl (C=O) groups excluding carboxylic acids is 1. The number of benzene rings is 3. The minimum Gasteiger partial charge on any atom is -0.493 e. The van der Waals surface area contributed by atoms with Gasteiger partial charge in [-0.05, 0) is 43.3 Å². The number of hydrogen-bond acceptors (Lipinski definition) is 3. The van der Waals surface area contributed by atoms with Crippen LogP contribution >= 0.6 is 15.9 Å². The van der Waals surface area contributed by atoms with Crippen molar-refractivity contribution in [2.24, 2.45) is 0 Å². The third-order valence-corrected chi connectivity index (χ3v) is 5.05. The van der Waals surface area contributed by atoms with Crippen LogP contribution in [0.25, 0.3) is 16.9 Å². The summed E-state index contributed by atoms with van der Waals surface area (Å²) in [5.41, 5.74) is 3.06. The molecule has 0 saturated carbocycles. The fraction of sp³-hybridized carbons (Fsp3) is 0.0833. The molecule has 4 rings (SSSR count). The van der Waals surface area contributed by atoms with Crippen molar-refractivity contribution in [3.05, 3.63) is 95.0 Å². The zero-order valence-electron chi connectivity index (χ0n) is 16.4. The number of rotatable bonds is 6. The van der Waals surface area contributed by atoms with E-state index in [1.54, 1.807) is 16.8 Å². The van der Waals surface area contributed by atoms with Gasteiger partial charge < -0.3 is 10.1 Å². The van der Waals surface area contributed by atoms with E-state index in [4.69, 9.17) is 9.84 Å². The number of anilines is 1. The molecule has 1 heterocycles. The second-order valence-corrected chi connectivity index (χ2v) is 7.47. The highest BCUT2D eigenvalue weighted by Crippen LogP contribution is 2.27. The Bertz CT molecular complexity index is 1150. The summed E-state index contributed by atoms with van der Waals surface area (Å²) in [7, 11) is 0. The van der Waals surface area contributed by atoms with E-state index in [2.05, 4.69) is 21.2 Å². The zero-order valence-corrected chi connectivity index (χ0v) is 18.0. The summed E-state index contributed by atoms with van der Waals surface area (Å²) in [6, 6.07) is 26.7. The van der Waals surface area contributed by atoms with Crippen LogP contribution in [0.4, 0.5) is 5.82 Å². The fourth-order valence-electron chi connectivity index (χ4n) is 3.12. The van der Waals surface area contributed by atoms with Gasteiger partial charge in [0.1, 0.15) is 11.6 Å². The van der Waals surface area contributed by atoms with E-state index in [0.717, 1.165) is 21.4 Å². The van der Waals surface area contributed by atoms with Gasteiger partial charge in [0.15, 0.2) is 0 Å². The number of hydrogen-bond donors (Lipinski definition) is 1. The maximum Gasteiger partial charge on any atom is 0.260 e. The van der Waals surface area contributed by atoms with Crippen LogP contribution in [0.5, 0.6) is 5.75 Å². The summed E-state index contributed by atoms with van der Waals surface area (Å²) < 4.78 is 8.31. The van der Waals surface area contributed by atoms with Crippen molar-refractivity contribution in [1.82, 2.24) is 9.78 Å². The van der Waals surface area contributed by atoms with E-state index in [9.17, 15) is 4.79 Å². The third-order valence-electron chi connectivity index (χ3n) is 4.52. The maximum atomic E-state index is 13.1. The molecular weight excluding hydrogens is 442 g/mol. The first-order valence-corrected chi connectivity index (χ1v) is 10.4. The summed E-state index contributed by atoms with van der Waals surface area (Å²) in [5.74, 6) is 0.875. The zero-order chi connectivity index (χ0) is 20.9. The molecule has 0 aliphatic carbocycles. The normalized spacial score (nSPS) is 10.6. The van der Waals surface area contributed by atoms with Gasteiger partial charge >= 0.3 is 0 Å². The molecule has 1 aromatic heterocycles. The van der Waals surface area contributed by atoms with Gasteiger partial charge in [-0.2, -0.15) is 5.10 Å². The maximum absolute atomic E-state index is 13.1. The van der Waals surface area contributed by atoms with Crippen LogP contribution in [0.1, 0.15) is 17.3 Å². The third kappa shape index (κ3) is 4.28. The number of para-hydroxylation sites is 1. The van der Waals surface area contributed by atoms with E-state index in [0.29, 0.717) is 23.7 Å². The van der Waals surface area contributed by atoms with Crippen molar-refractivity contribution in [2.75, 3.05) is 11.9 Å². The number of halogens is 1. The molecule has 0 spiro atoms. The Labute approximate surface area is 183 Å². The Hall–Kier alpha value is -3.38. The minimum atomic E-state index is -0.253. The van der Waals surface area contributed by atoms with Crippen molar-refractivity contribution in [3.63, 3.8) is 0 Å². The minimum absolute atomic E-state index is 0.253. The molecule has 150 valence electrons. The highest BCUT2D eigenvalue weighted by Gasteiger charge is 2.17. The van der Waals surface area contributed by atoms with Crippen LogP contribution in [-0.4, -0.2) is 22.3 Å². The molecule has 5 nitrogen and oxygen atoms in total. The lowest BCUT2D eigenvalue weighted by Crippen LogP contribution is -2.16. The molecule has 30 heavy (non-hydrogen) atoms. The first-order chi connectivity index (χ1) is 14.7. The summed E-state index contributed by atoms with van der Waals surface area (Å²) in [6.45, 7) is 2.38. The van der Waals surface area contributed by atoms with Crippen LogP contribution in [-0.2, 0) is 0 Å². The second kappa shape index (κ2) is 8.97. The molecule has 0 atom stereocenters. The molecule has 6 heteroatoms. The highest BCUT2D eigenvalue weighted by atomic mass is 79.9. The van der Waals surface area contributed by atoms with Crippen LogP contribution in [0.3, 0.4) is 0 Å². The van der Waals surface area contributed by atoms with Crippen molar-refractivity contribution in [1.29, 1.82) is 0 Å². The number of aromatic nitrogens is 2. The first-order valence-electron chi connectivity index (χ1n) is 9.60. The highest BCUT2D eigenvalue weighted by molar-refractivity contribution is 9.10. The molecule has 1 amide bonds. The lowest BCUT2D eigenvalue weighted by Gasteiger charge is -2.12. The number of ether oxygens (including phenoxy) is 1. The smallest absolute Gasteiger partial charge is 0.260 e. The molecule has 0 aliphatic rings. The van der Waals surface area contributed by atoms with Gasteiger partial charge in [-0.15, -0.1) is 0 Å². The summed E-state index contributed by atoms with van der Waals surface area (Å²) in [6.07, 6.45) is 0. The molecule has 1 N–H and O–H groups in total. The van der Waals surface area contributed by atoms with Crippen LogP contribution in [0.15, 0.2) is 89.4 Å². The van der Waals surface area contributed by atoms with Gasteiger partial charge in [0.25, 0.3) is 5.91 Å². The quantitative estimate of drug-likeness (QED) is 0.385. The predicted molar refractivity (Wildman–Crippen MR) is 122 cm³/mol. The number of amides is 1. The molecule has 0 saturated heterocycles. The van der Waals surface area contributed by atoms with E-state index >= 15 is 0 Å². The monoisotopic (exact) mass is 461 g/mol. The van der Waals surface area contributed by atoms with Gasteiger partial charge in [-0.25, -0.2) is 4.68 Å². The average Bonchev–Trinajstić information content (AvgIpc) is 3.19. The van der Waals surface area contributed by atoms with Gasteiger partial charge in [0, 0.05) is 16.1 Å². The van der Waals surface area contributed by atoms with Crippen molar-refractivity contribution in [3.8, 4) is 22.7 Å². The summed E-state index contributed by atoms with van der Waals surface area (Å²) >= 11 is 3.46. The number of nitrogens with zero attached hydrogens (tertiary/aromatic N) is 2. The lowest BCUT2D eigenvalue weighted by molar-refractivity contribution is 0.102. The number of nitrogens with one attached hydrogen (secondary N) is 1. The van der Waals surface area contributed by atoms with Crippen LogP contribution in [0, 0.1) is 0 Å². The topological polar surface area (TPSA) is 56.1 Å². The van der Waals surface area contributed by atoms with Crippen molar-refractivity contribution >= 4 is 27.7 Å². The molecule has 0 radical (unpaired) electrons. The first kappa shape index (κ1) is 19.9. The summed E-state index contributed by atoms with van der Waals surface area (Å²) in [4.78, 5) is 13.1. The lowest BCUT2D eigenvalue weighted by atomic mass is 10.1.